The lowest BCUT2D eigenvalue weighted by atomic mass is 9.79. The highest BCUT2D eigenvalue weighted by Gasteiger charge is 2.49. The summed E-state index contributed by atoms with van der Waals surface area (Å²) in [5.74, 6) is 1.35. The van der Waals surface area contributed by atoms with Crippen LogP contribution in [0.5, 0.6) is 0 Å². The van der Waals surface area contributed by atoms with Crippen molar-refractivity contribution in [3.05, 3.63) is 29.6 Å². The smallest absolute Gasteiger partial charge is 0.250 e. The Morgan fingerprint density at radius 1 is 1.52 bits per heavy atom. The summed E-state index contributed by atoms with van der Waals surface area (Å²) in [5, 5.41) is 0. The Labute approximate surface area is 123 Å². The van der Waals surface area contributed by atoms with Gasteiger partial charge in [0, 0.05) is 6.54 Å². The number of para-hydroxylation sites is 1. The van der Waals surface area contributed by atoms with Crippen molar-refractivity contribution in [1.82, 2.24) is 14.9 Å². The zero-order chi connectivity index (χ0) is 14.6. The van der Waals surface area contributed by atoms with Gasteiger partial charge in [0.2, 0.25) is 0 Å². The van der Waals surface area contributed by atoms with Crippen molar-refractivity contribution in [3.63, 3.8) is 0 Å². The number of amides is 1. The molecule has 0 unspecified atom stereocenters. The number of rotatable bonds is 2. The largest absolute Gasteiger partial charge is 0.366 e. The van der Waals surface area contributed by atoms with Gasteiger partial charge in [-0.1, -0.05) is 12.5 Å². The minimum Gasteiger partial charge on any atom is -0.366 e. The maximum absolute atomic E-state index is 11.6. The van der Waals surface area contributed by atoms with E-state index in [4.69, 9.17) is 10.7 Å². The molecule has 21 heavy (non-hydrogen) atoms. The molecule has 2 aromatic rings. The number of fused-ring (bicyclic) bond motifs is 3. The van der Waals surface area contributed by atoms with E-state index in [2.05, 4.69) is 16.9 Å². The van der Waals surface area contributed by atoms with Gasteiger partial charge in [-0.15, -0.1) is 0 Å². The Morgan fingerprint density at radius 3 is 3.19 bits per heavy atom. The van der Waals surface area contributed by atoms with Gasteiger partial charge in [0.15, 0.2) is 0 Å². The Bertz CT molecular complexity index is 722. The lowest BCUT2D eigenvalue weighted by molar-refractivity contribution is 0.100. The molecule has 1 saturated carbocycles. The number of nitrogens with zero attached hydrogens (tertiary/aromatic N) is 2. The van der Waals surface area contributed by atoms with Gasteiger partial charge in [-0.2, -0.15) is 0 Å². The van der Waals surface area contributed by atoms with Gasteiger partial charge in [-0.3, -0.25) is 9.69 Å². The van der Waals surface area contributed by atoms with Gasteiger partial charge in [0.25, 0.3) is 5.91 Å². The third kappa shape index (κ3) is 1.73. The van der Waals surface area contributed by atoms with E-state index in [1.54, 1.807) is 6.07 Å². The van der Waals surface area contributed by atoms with Crippen molar-refractivity contribution in [1.29, 1.82) is 0 Å². The first-order valence-electron chi connectivity index (χ1n) is 7.60. The summed E-state index contributed by atoms with van der Waals surface area (Å²) in [5.41, 5.74) is 7.58. The SMILES string of the molecule is CN1C[C@@H]2CCC[C@]1(c1nc3c(C(N)=O)cccc3[nH]1)C2. The predicted molar refractivity (Wildman–Crippen MR) is 80.9 cm³/mol. The summed E-state index contributed by atoms with van der Waals surface area (Å²) in [7, 11) is 2.19. The Hall–Kier alpha value is -1.88. The van der Waals surface area contributed by atoms with Crippen LogP contribution in [0.3, 0.4) is 0 Å². The van der Waals surface area contributed by atoms with E-state index >= 15 is 0 Å². The molecule has 1 aromatic heterocycles. The number of hydrogen-bond donors (Lipinski definition) is 2. The highest BCUT2D eigenvalue weighted by atomic mass is 16.1. The average Bonchev–Trinajstić information content (AvgIpc) is 2.99. The fourth-order valence-electron chi connectivity index (χ4n) is 4.28. The summed E-state index contributed by atoms with van der Waals surface area (Å²) in [4.78, 5) is 22.2. The maximum atomic E-state index is 11.6. The second kappa shape index (κ2) is 4.31. The number of hydrogen-bond acceptors (Lipinski definition) is 3. The fourth-order valence-corrected chi connectivity index (χ4v) is 4.28. The van der Waals surface area contributed by atoms with Gasteiger partial charge in [-0.25, -0.2) is 4.98 Å². The van der Waals surface area contributed by atoms with E-state index in [9.17, 15) is 4.79 Å². The number of aromatic amines is 1. The number of nitrogens with two attached hydrogens (primary N) is 1. The van der Waals surface area contributed by atoms with E-state index < -0.39 is 5.91 Å². The molecule has 5 heteroatoms. The molecule has 110 valence electrons. The number of primary amides is 1. The van der Waals surface area contributed by atoms with Gasteiger partial charge >= 0.3 is 0 Å². The van der Waals surface area contributed by atoms with Crippen molar-refractivity contribution >= 4 is 16.9 Å². The number of imidazole rings is 1. The molecule has 5 nitrogen and oxygen atoms in total. The number of likely N-dealkylation sites (tertiary alicyclic amines) is 1. The molecule has 1 aromatic carbocycles. The Morgan fingerprint density at radius 2 is 2.38 bits per heavy atom. The molecule has 3 N–H and O–H groups in total. The van der Waals surface area contributed by atoms with E-state index in [1.807, 2.05) is 12.1 Å². The lowest BCUT2D eigenvalue weighted by Gasteiger charge is -2.36. The van der Waals surface area contributed by atoms with Crippen LogP contribution in [0.2, 0.25) is 0 Å². The van der Waals surface area contributed by atoms with Gasteiger partial charge in [0.1, 0.15) is 11.3 Å². The molecule has 1 aliphatic heterocycles. The molecule has 0 spiro atoms. The monoisotopic (exact) mass is 284 g/mol. The molecule has 1 saturated heterocycles. The summed E-state index contributed by atoms with van der Waals surface area (Å²) < 4.78 is 0. The number of H-pyrrole nitrogens is 1. The Kier molecular flexibility index (Phi) is 2.63. The molecular formula is C16H20N4O. The summed E-state index contributed by atoms with van der Waals surface area (Å²) in [6, 6.07) is 5.56. The highest BCUT2D eigenvalue weighted by Crippen LogP contribution is 2.48. The quantitative estimate of drug-likeness (QED) is 0.885. The van der Waals surface area contributed by atoms with Crippen molar-refractivity contribution in [2.45, 2.75) is 31.2 Å². The molecular weight excluding hydrogens is 264 g/mol. The van der Waals surface area contributed by atoms with Crippen LogP contribution in [-0.4, -0.2) is 34.4 Å². The zero-order valence-corrected chi connectivity index (χ0v) is 12.2. The van der Waals surface area contributed by atoms with Crippen molar-refractivity contribution in [3.8, 4) is 0 Å². The molecule has 2 bridgehead atoms. The number of aromatic nitrogens is 2. The maximum Gasteiger partial charge on any atom is 0.250 e. The number of carbonyl (C=O) groups excluding carboxylic acids is 1. The van der Waals surface area contributed by atoms with Crippen LogP contribution in [0, 0.1) is 5.92 Å². The summed E-state index contributed by atoms with van der Waals surface area (Å²) in [6.07, 6.45) is 4.86. The summed E-state index contributed by atoms with van der Waals surface area (Å²) >= 11 is 0. The van der Waals surface area contributed by atoms with Crippen LogP contribution in [0.25, 0.3) is 11.0 Å². The molecule has 1 amide bonds. The van der Waals surface area contributed by atoms with Gasteiger partial charge in [-0.05, 0) is 44.4 Å². The fraction of sp³-hybridized carbons (Fsp3) is 0.500. The standard InChI is InChI=1S/C16H20N4O/c1-20-9-10-4-3-7-16(20,8-10)15-18-12-6-2-5-11(14(17)21)13(12)19-15/h2,5-6,10H,3-4,7-9H2,1H3,(H2,17,21)(H,18,19)/t10-,16-/m1/s1. The van der Waals surface area contributed by atoms with Crippen LogP contribution in [0.15, 0.2) is 18.2 Å². The van der Waals surface area contributed by atoms with E-state index in [-0.39, 0.29) is 5.54 Å². The van der Waals surface area contributed by atoms with Crippen LogP contribution < -0.4 is 5.73 Å². The number of carbonyl (C=O) groups is 1. The second-order valence-electron chi connectivity index (χ2n) is 6.53. The average molecular weight is 284 g/mol. The van der Waals surface area contributed by atoms with E-state index in [0.29, 0.717) is 11.1 Å². The van der Waals surface area contributed by atoms with Crippen LogP contribution in [0.1, 0.15) is 41.9 Å². The van der Waals surface area contributed by atoms with Crippen LogP contribution in [0.4, 0.5) is 0 Å². The first-order valence-corrected chi connectivity index (χ1v) is 7.60. The van der Waals surface area contributed by atoms with Crippen molar-refractivity contribution in [2.24, 2.45) is 11.7 Å². The van der Waals surface area contributed by atoms with Crippen LogP contribution >= 0.6 is 0 Å². The lowest BCUT2D eigenvalue weighted by Crippen LogP contribution is -2.39. The van der Waals surface area contributed by atoms with E-state index in [0.717, 1.165) is 36.6 Å². The summed E-state index contributed by atoms with van der Waals surface area (Å²) in [6.45, 7) is 1.14. The third-order valence-electron chi connectivity index (χ3n) is 5.31. The molecule has 0 radical (unpaired) electrons. The van der Waals surface area contributed by atoms with Gasteiger partial charge < -0.3 is 10.7 Å². The molecule has 2 aliphatic rings. The molecule has 4 rings (SSSR count). The first kappa shape index (κ1) is 12.8. The first-order chi connectivity index (χ1) is 10.1. The molecule has 2 fully saturated rings. The van der Waals surface area contributed by atoms with Crippen molar-refractivity contribution in [2.75, 3.05) is 13.6 Å². The highest BCUT2D eigenvalue weighted by molar-refractivity contribution is 6.04. The minimum absolute atomic E-state index is 0.0108. The molecule has 2 heterocycles. The van der Waals surface area contributed by atoms with E-state index in [1.165, 1.54) is 12.8 Å². The Balaban J connectivity index is 1.88. The molecule has 2 atom stereocenters. The second-order valence-corrected chi connectivity index (χ2v) is 6.53. The number of benzene rings is 1. The predicted octanol–water partition coefficient (Wildman–Crippen LogP) is 1.99. The molecule has 1 aliphatic carbocycles. The zero-order valence-electron chi connectivity index (χ0n) is 12.2. The van der Waals surface area contributed by atoms with Crippen LogP contribution in [-0.2, 0) is 5.54 Å². The topological polar surface area (TPSA) is 75.0 Å². The third-order valence-corrected chi connectivity index (χ3v) is 5.31. The normalized spacial score (nSPS) is 29.1. The van der Waals surface area contributed by atoms with Crippen molar-refractivity contribution < 1.29 is 4.79 Å². The minimum atomic E-state index is -0.419. The number of nitrogens with one attached hydrogen (secondary N) is 1. The van der Waals surface area contributed by atoms with Gasteiger partial charge in [0.05, 0.1) is 16.6 Å².